The third-order valence-electron chi connectivity index (χ3n) is 5.19. The van der Waals surface area contributed by atoms with E-state index in [9.17, 15) is 24.6 Å². The summed E-state index contributed by atoms with van der Waals surface area (Å²) in [6.45, 7) is 6.33. The van der Waals surface area contributed by atoms with E-state index in [0.717, 1.165) is 0 Å². The summed E-state index contributed by atoms with van der Waals surface area (Å²) in [5, 5.41) is 22.2. The van der Waals surface area contributed by atoms with Gasteiger partial charge in [0.25, 0.3) is 0 Å². The Morgan fingerprint density at radius 1 is 1.12 bits per heavy atom. The number of hydrogen-bond donors (Lipinski definition) is 3. The highest BCUT2D eigenvalue weighted by Gasteiger charge is 2.21. The molecule has 8 heteroatoms. The average Bonchev–Trinajstić information content (AvgIpc) is 2.74. The van der Waals surface area contributed by atoms with Gasteiger partial charge in [0.05, 0.1) is 31.1 Å². The fraction of sp³-hybridized carbons (Fsp3) is 0.320. The highest BCUT2D eigenvalue weighted by Crippen LogP contribution is 2.24. The van der Waals surface area contributed by atoms with Gasteiger partial charge in [-0.2, -0.15) is 0 Å². The zero-order valence-corrected chi connectivity index (χ0v) is 18.8. The first kappa shape index (κ1) is 23.8. The molecular weight excluding hydrogens is 426 g/mol. The molecule has 0 aliphatic rings. The van der Waals surface area contributed by atoms with E-state index in [1.165, 1.54) is 12.1 Å². The fourth-order valence-corrected chi connectivity index (χ4v) is 3.48. The summed E-state index contributed by atoms with van der Waals surface area (Å²) in [6.07, 6.45) is -0.584. The Labute approximate surface area is 190 Å². The number of aryl methyl sites for hydroxylation is 1. The summed E-state index contributed by atoms with van der Waals surface area (Å²) in [6, 6.07) is 10.5. The van der Waals surface area contributed by atoms with E-state index < -0.39 is 23.5 Å². The molecule has 0 saturated heterocycles. The second kappa shape index (κ2) is 10.2. The van der Waals surface area contributed by atoms with E-state index in [2.05, 4.69) is 5.32 Å². The number of carbonyl (C=O) groups excluding carboxylic acids is 1. The monoisotopic (exact) mass is 453 g/mol. The predicted octanol–water partition coefficient (Wildman–Crippen LogP) is 3.72. The van der Waals surface area contributed by atoms with Crippen LogP contribution in [-0.2, 0) is 16.0 Å². The third kappa shape index (κ3) is 6.12. The molecule has 1 heterocycles. The molecule has 0 bridgehead atoms. The number of carboxylic acid groups (broad SMARTS) is 1. The zero-order valence-electron chi connectivity index (χ0n) is 18.8. The molecule has 0 saturated carbocycles. The number of aromatic hydroxyl groups is 1. The molecule has 0 fully saturated rings. The first-order valence-corrected chi connectivity index (χ1v) is 10.6. The predicted molar refractivity (Wildman–Crippen MR) is 123 cm³/mol. The minimum atomic E-state index is -1.07. The van der Waals surface area contributed by atoms with Crippen LogP contribution in [0.1, 0.15) is 43.0 Å². The molecule has 8 nitrogen and oxygen atoms in total. The first-order valence-electron chi connectivity index (χ1n) is 10.6. The number of hydrogen-bond acceptors (Lipinski definition) is 6. The summed E-state index contributed by atoms with van der Waals surface area (Å²) < 4.78 is 10.9. The minimum absolute atomic E-state index is 0.0346. The number of fused-ring (bicyclic) bond motifs is 1. The van der Waals surface area contributed by atoms with Crippen LogP contribution in [0.3, 0.4) is 0 Å². The van der Waals surface area contributed by atoms with Crippen molar-refractivity contribution in [3.8, 4) is 11.5 Å². The Morgan fingerprint density at radius 2 is 1.82 bits per heavy atom. The molecular formula is C25H27NO7. The van der Waals surface area contributed by atoms with Gasteiger partial charge in [-0.05, 0) is 48.2 Å². The lowest BCUT2D eigenvalue weighted by atomic mass is 10.0. The van der Waals surface area contributed by atoms with E-state index >= 15 is 0 Å². The molecule has 3 rings (SSSR count). The normalized spacial score (nSPS) is 12.0. The van der Waals surface area contributed by atoms with Crippen molar-refractivity contribution in [1.29, 1.82) is 0 Å². The Kier molecular flexibility index (Phi) is 7.37. The Morgan fingerprint density at radius 3 is 2.45 bits per heavy atom. The van der Waals surface area contributed by atoms with Gasteiger partial charge < -0.3 is 24.7 Å². The highest BCUT2D eigenvalue weighted by atomic mass is 16.5. The highest BCUT2D eigenvalue weighted by molar-refractivity contribution is 5.85. The molecule has 0 spiro atoms. The second-order valence-electron chi connectivity index (χ2n) is 8.34. The van der Waals surface area contributed by atoms with Crippen molar-refractivity contribution in [3.05, 3.63) is 69.6 Å². The Bertz CT molecular complexity index is 1210. The fourth-order valence-electron chi connectivity index (χ4n) is 3.48. The second-order valence-corrected chi connectivity index (χ2v) is 8.34. The maximum absolute atomic E-state index is 12.8. The van der Waals surface area contributed by atoms with Crippen LogP contribution in [0.5, 0.6) is 11.5 Å². The summed E-state index contributed by atoms with van der Waals surface area (Å²) in [4.78, 5) is 36.6. The quantitative estimate of drug-likeness (QED) is 0.422. The Hall–Kier alpha value is -3.81. The topological polar surface area (TPSA) is 126 Å². The van der Waals surface area contributed by atoms with Gasteiger partial charge >= 0.3 is 11.6 Å². The maximum Gasteiger partial charge on any atom is 0.340 e. The first-order chi connectivity index (χ1) is 15.6. The molecule has 1 unspecified atom stereocenters. The molecule has 2 aromatic carbocycles. The van der Waals surface area contributed by atoms with Crippen molar-refractivity contribution >= 4 is 22.8 Å². The summed E-state index contributed by atoms with van der Waals surface area (Å²) in [5.74, 6) is -0.585. The van der Waals surface area contributed by atoms with Gasteiger partial charge in [-0.3, -0.25) is 9.59 Å². The van der Waals surface area contributed by atoms with Gasteiger partial charge in [0.2, 0.25) is 5.91 Å². The van der Waals surface area contributed by atoms with E-state index in [4.69, 9.17) is 9.15 Å². The van der Waals surface area contributed by atoms with Gasteiger partial charge in [-0.1, -0.05) is 26.0 Å². The molecule has 0 aliphatic carbocycles. The molecule has 33 heavy (non-hydrogen) atoms. The number of ether oxygens (including phenoxy) is 1. The van der Waals surface area contributed by atoms with Crippen LogP contribution in [0.2, 0.25) is 0 Å². The van der Waals surface area contributed by atoms with Crippen molar-refractivity contribution in [3.63, 3.8) is 0 Å². The Balaban J connectivity index is 1.79. The molecule has 1 atom stereocenters. The van der Waals surface area contributed by atoms with Crippen molar-refractivity contribution in [2.24, 2.45) is 5.92 Å². The summed E-state index contributed by atoms with van der Waals surface area (Å²) in [7, 11) is 0. The number of amides is 1. The number of nitrogens with one attached hydrogen (secondary N) is 1. The zero-order chi connectivity index (χ0) is 24.1. The summed E-state index contributed by atoms with van der Waals surface area (Å²) >= 11 is 0. The number of rotatable bonds is 9. The van der Waals surface area contributed by atoms with Crippen LogP contribution in [0.4, 0.5) is 0 Å². The lowest BCUT2D eigenvalue weighted by molar-refractivity contribution is -0.137. The van der Waals surface area contributed by atoms with Gasteiger partial charge in [-0.25, -0.2) is 4.79 Å². The molecule has 3 aromatic rings. The lowest BCUT2D eigenvalue weighted by Crippen LogP contribution is -2.32. The average molecular weight is 453 g/mol. The minimum Gasteiger partial charge on any atom is -0.508 e. The van der Waals surface area contributed by atoms with Crippen LogP contribution < -0.4 is 15.7 Å². The number of carbonyl (C=O) groups is 2. The van der Waals surface area contributed by atoms with Crippen LogP contribution in [-0.4, -0.2) is 28.7 Å². The van der Waals surface area contributed by atoms with Crippen LogP contribution in [0.25, 0.3) is 11.0 Å². The molecule has 1 amide bonds. The van der Waals surface area contributed by atoms with Crippen molar-refractivity contribution in [2.75, 3.05) is 6.61 Å². The number of aliphatic carboxylic acids is 1. The molecule has 3 N–H and O–H groups in total. The van der Waals surface area contributed by atoms with Crippen molar-refractivity contribution < 1.29 is 29.0 Å². The van der Waals surface area contributed by atoms with E-state index in [1.54, 1.807) is 37.3 Å². The van der Waals surface area contributed by atoms with Gasteiger partial charge in [0.1, 0.15) is 17.1 Å². The van der Waals surface area contributed by atoms with Crippen molar-refractivity contribution in [1.82, 2.24) is 5.32 Å². The van der Waals surface area contributed by atoms with Crippen LogP contribution >= 0.6 is 0 Å². The molecule has 174 valence electrons. The molecule has 1 aromatic heterocycles. The van der Waals surface area contributed by atoms with Crippen molar-refractivity contribution in [2.45, 2.75) is 39.7 Å². The molecule has 0 radical (unpaired) electrons. The smallest absolute Gasteiger partial charge is 0.340 e. The van der Waals surface area contributed by atoms with Crippen LogP contribution in [0, 0.1) is 12.8 Å². The summed E-state index contributed by atoms with van der Waals surface area (Å²) in [5.41, 5.74) is 0.905. The molecule has 0 aliphatic heterocycles. The van der Waals surface area contributed by atoms with Gasteiger partial charge in [-0.15, -0.1) is 0 Å². The van der Waals surface area contributed by atoms with E-state index in [0.29, 0.717) is 34.8 Å². The van der Waals surface area contributed by atoms with Gasteiger partial charge in [0.15, 0.2) is 0 Å². The lowest BCUT2D eigenvalue weighted by Gasteiger charge is -2.18. The third-order valence-corrected chi connectivity index (χ3v) is 5.19. The van der Waals surface area contributed by atoms with Gasteiger partial charge in [0, 0.05) is 11.5 Å². The number of phenols is 1. The maximum atomic E-state index is 12.8. The van der Waals surface area contributed by atoms with E-state index in [-0.39, 0.29) is 29.7 Å². The van der Waals surface area contributed by atoms with Crippen LogP contribution in [0.15, 0.2) is 51.7 Å². The number of phenolic OH excluding ortho intramolecular Hbond substituents is 1. The number of carboxylic acids is 1. The SMILES string of the molecule is Cc1c(CC(=O)NC(CC(=O)O)c2ccc(OCC(C)C)cc2)c(=O)oc2cc(O)ccc12. The largest absolute Gasteiger partial charge is 0.508 e. The van der Waals surface area contributed by atoms with E-state index in [1.807, 2.05) is 13.8 Å². The number of benzene rings is 2. The standard InChI is InChI=1S/C25H27NO7/c1-14(2)13-32-18-7-4-16(5-8-18)21(12-24(29)30)26-23(28)11-20-15(3)19-9-6-17(27)10-22(19)33-25(20)31/h4-10,14,21,27H,11-13H2,1-3H3,(H,26,28)(H,29,30).